The molecule has 0 aliphatic carbocycles. The third kappa shape index (κ3) is 3.30. The van der Waals surface area contributed by atoms with Gasteiger partial charge >= 0.3 is 0 Å². The van der Waals surface area contributed by atoms with Crippen LogP contribution < -0.4 is 5.73 Å². The molecule has 0 spiro atoms. The summed E-state index contributed by atoms with van der Waals surface area (Å²) in [5.41, 5.74) is 6.49. The molecule has 2 rings (SSSR count). The fraction of sp³-hybridized carbons (Fsp3) is 1.00. The summed E-state index contributed by atoms with van der Waals surface area (Å²) in [6, 6.07) is 0.717. The van der Waals surface area contributed by atoms with Crippen molar-refractivity contribution >= 4 is 0 Å². The zero-order chi connectivity index (χ0) is 13.9. The van der Waals surface area contributed by atoms with Gasteiger partial charge < -0.3 is 15.5 Å². The first-order valence-electron chi connectivity index (χ1n) is 7.95. The predicted molar refractivity (Wildman–Crippen MR) is 81.4 cm³/mol. The van der Waals surface area contributed by atoms with Gasteiger partial charge in [0.25, 0.3) is 0 Å². The minimum absolute atomic E-state index is 0.272. The number of likely N-dealkylation sites (N-methyl/N-ethyl adjacent to an activating group) is 1. The highest BCUT2D eigenvalue weighted by atomic mass is 15.3. The second-order valence-corrected chi connectivity index (χ2v) is 6.57. The zero-order valence-corrected chi connectivity index (χ0v) is 13.1. The third-order valence-corrected chi connectivity index (χ3v) is 5.40. The molecule has 2 fully saturated rings. The van der Waals surface area contributed by atoms with Crippen molar-refractivity contribution in [1.29, 1.82) is 0 Å². The lowest BCUT2D eigenvalue weighted by Gasteiger charge is -2.41. The van der Waals surface area contributed by atoms with Gasteiger partial charge in [-0.25, -0.2) is 0 Å². The minimum atomic E-state index is 0.272. The Kier molecular flexibility index (Phi) is 5.23. The van der Waals surface area contributed by atoms with Crippen LogP contribution in [-0.2, 0) is 0 Å². The van der Waals surface area contributed by atoms with Gasteiger partial charge in [-0.3, -0.25) is 4.90 Å². The first kappa shape index (κ1) is 15.2. The van der Waals surface area contributed by atoms with E-state index >= 15 is 0 Å². The van der Waals surface area contributed by atoms with Gasteiger partial charge in [-0.1, -0.05) is 6.92 Å². The van der Waals surface area contributed by atoms with E-state index in [1.54, 1.807) is 0 Å². The van der Waals surface area contributed by atoms with Crippen LogP contribution in [0.1, 0.15) is 32.6 Å². The summed E-state index contributed by atoms with van der Waals surface area (Å²) in [7, 11) is 4.41. The van der Waals surface area contributed by atoms with Crippen LogP contribution in [0.15, 0.2) is 0 Å². The highest BCUT2D eigenvalue weighted by Gasteiger charge is 2.40. The smallest absolute Gasteiger partial charge is 0.0345 e. The lowest BCUT2D eigenvalue weighted by atomic mass is 9.88. The average Bonchev–Trinajstić information content (AvgIpc) is 2.81. The van der Waals surface area contributed by atoms with Gasteiger partial charge in [-0.2, -0.15) is 0 Å². The van der Waals surface area contributed by atoms with Crippen LogP contribution in [0.2, 0.25) is 0 Å². The number of rotatable bonds is 4. The quantitative estimate of drug-likeness (QED) is 0.819. The van der Waals surface area contributed by atoms with Gasteiger partial charge in [-0.15, -0.1) is 0 Å². The second-order valence-electron chi connectivity index (χ2n) is 6.57. The molecule has 0 bridgehead atoms. The highest BCUT2D eigenvalue weighted by Crippen LogP contribution is 2.32. The highest BCUT2D eigenvalue weighted by molar-refractivity contribution is 4.98. The largest absolute Gasteiger partial charge is 0.329 e. The second kappa shape index (κ2) is 6.53. The first-order chi connectivity index (χ1) is 9.11. The molecule has 0 aromatic heterocycles. The SMILES string of the molecule is CCN1CCCC(CN)(N2CCC(N(C)C)C2)CC1. The number of hydrogen-bond donors (Lipinski definition) is 1. The van der Waals surface area contributed by atoms with E-state index in [2.05, 4.69) is 35.7 Å². The molecule has 2 unspecified atom stereocenters. The summed E-state index contributed by atoms with van der Waals surface area (Å²) in [5.74, 6) is 0. The van der Waals surface area contributed by atoms with Crippen LogP contribution in [0.4, 0.5) is 0 Å². The molecular weight excluding hydrogens is 236 g/mol. The van der Waals surface area contributed by atoms with E-state index in [1.165, 1.54) is 58.4 Å². The van der Waals surface area contributed by atoms with Gasteiger partial charge in [0.2, 0.25) is 0 Å². The van der Waals surface area contributed by atoms with Crippen molar-refractivity contribution < 1.29 is 0 Å². The van der Waals surface area contributed by atoms with E-state index in [-0.39, 0.29) is 5.54 Å². The standard InChI is InChI=1S/C15H32N4/c1-4-18-9-5-7-15(13-16,8-11-18)19-10-6-14(12-19)17(2)3/h14H,4-13,16H2,1-3H3. The van der Waals surface area contributed by atoms with Crippen LogP contribution in [-0.4, -0.2) is 79.6 Å². The van der Waals surface area contributed by atoms with E-state index in [1.807, 2.05) is 0 Å². The average molecular weight is 268 g/mol. The molecule has 2 aliphatic rings. The lowest BCUT2D eigenvalue weighted by Crippen LogP contribution is -2.54. The minimum Gasteiger partial charge on any atom is -0.329 e. The molecule has 19 heavy (non-hydrogen) atoms. The number of nitrogens with zero attached hydrogens (tertiary/aromatic N) is 3. The molecule has 2 atom stereocenters. The Bertz CT molecular complexity index is 281. The fourth-order valence-electron chi connectivity index (χ4n) is 3.79. The van der Waals surface area contributed by atoms with E-state index in [0.717, 1.165) is 6.54 Å². The van der Waals surface area contributed by atoms with Gasteiger partial charge in [0, 0.05) is 31.2 Å². The topological polar surface area (TPSA) is 35.7 Å². The Morgan fingerprint density at radius 3 is 2.58 bits per heavy atom. The Morgan fingerprint density at radius 1 is 1.21 bits per heavy atom. The summed E-state index contributed by atoms with van der Waals surface area (Å²) in [6.45, 7) is 9.18. The summed E-state index contributed by atoms with van der Waals surface area (Å²) in [5, 5.41) is 0. The molecule has 0 amide bonds. The lowest BCUT2D eigenvalue weighted by molar-refractivity contribution is 0.0968. The molecular formula is C15H32N4. The zero-order valence-electron chi connectivity index (χ0n) is 13.1. The monoisotopic (exact) mass is 268 g/mol. The number of hydrogen-bond acceptors (Lipinski definition) is 4. The van der Waals surface area contributed by atoms with Crippen molar-refractivity contribution in [3.8, 4) is 0 Å². The van der Waals surface area contributed by atoms with Crippen LogP contribution in [0.3, 0.4) is 0 Å². The summed E-state index contributed by atoms with van der Waals surface area (Å²) in [4.78, 5) is 7.66. The van der Waals surface area contributed by atoms with Crippen molar-refractivity contribution in [2.45, 2.75) is 44.2 Å². The van der Waals surface area contributed by atoms with Crippen LogP contribution >= 0.6 is 0 Å². The summed E-state index contributed by atoms with van der Waals surface area (Å²) < 4.78 is 0. The molecule has 0 aromatic carbocycles. The van der Waals surface area contributed by atoms with E-state index in [9.17, 15) is 0 Å². The fourth-order valence-corrected chi connectivity index (χ4v) is 3.79. The maximum atomic E-state index is 6.22. The predicted octanol–water partition coefficient (Wildman–Crippen LogP) is 0.826. The molecule has 0 saturated carbocycles. The molecule has 4 heteroatoms. The maximum absolute atomic E-state index is 6.22. The molecule has 2 heterocycles. The summed E-state index contributed by atoms with van der Waals surface area (Å²) in [6.07, 6.45) is 5.12. The van der Waals surface area contributed by atoms with Crippen LogP contribution in [0, 0.1) is 0 Å². The van der Waals surface area contributed by atoms with Gasteiger partial charge in [-0.05, 0) is 59.4 Å². The van der Waals surface area contributed by atoms with Crippen molar-refractivity contribution in [2.24, 2.45) is 5.73 Å². The number of likely N-dealkylation sites (tertiary alicyclic amines) is 2. The Morgan fingerprint density at radius 2 is 2.00 bits per heavy atom. The first-order valence-corrected chi connectivity index (χ1v) is 7.95. The Labute approximate surface area is 118 Å². The third-order valence-electron chi connectivity index (χ3n) is 5.40. The van der Waals surface area contributed by atoms with Crippen molar-refractivity contribution in [2.75, 3.05) is 53.4 Å². The summed E-state index contributed by atoms with van der Waals surface area (Å²) >= 11 is 0. The van der Waals surface area contributed by atoms with Crippen LogP contribution in [0.5, 0.6) is 0 Å². The van der Waals surface area contributed by atoms with Gasteiger partial charge in [0.05, 0.1) is 0 Å². The van der Waals surface area contributed by atoms with Crippen molar-refractivity contribution in [3.05, 3.63) is 0 Å². The van der Waals surface area contributed by atoms with E-state index in [4.69, 9.17) is 5.73 Å². The Balaban J connectivity index is 2.02. The van der Waals surface area contributed by atoms with E-state index < -0.39 is 0 Å². The van der Waals surface area contributed by atoms with Gasteiger partial charge in [0.15, 0.2) is 0 Å². The molecule has 4 nitrogen and oxygen atoms in total. The van der Waals surface area contributed by atoms with Gasteiger partial charge in [0.1, 0.15) is 0 Å². The molecule has 0 radical (unpaired) electrons. The van der Waals surface area contributed by atoms with Crippen molar-refractivity contribution in [1.82, 2.24) is 14.7 Å². The molecule has 0 aromatic rings. The molecule has 2 saturated heterocycles. The normalized spacial score (nSPS) is 34.9. The molecule has 112 valence electrons. The maximum Gasteiger partial charge on any atom is 0.0345 e. The van der Waals surface area contributed by atoms with E-state index in [0.29, 0.717) is 6.04 Å². The Hall–Kier alpha value is -0.160. The number of nitrogens with two attached hydrogens (primary N) is 1. The van der Waals surface area contributed by atoms with Crippen LogP contribution in [0.25, 0.3) is 0 Å². The molecule has 2 N–H and O–H groups in total. The van der Waals surface area contributed by atoms with Crippen molar-refractivity contribution in [3.63, 3.8) is 0 Å². The molecule has 2 aliphatic heterocycles.